The van der Waals surface area contributed by atoms with Gasteiger partial charge < -0.3 is 18.9 Å². The fraction of sp³-hybridized carbons (Fsp3) is 0.714. The summed E-state index contributed by atoms with van der Waals surface area (Å²) in [6.07, 6.45) is 0. The molecule has 0 aromatic rings. The normalized spacial score (nSPS) is 32.1. The Labute approximate surface area is 148 Å². The van der Waals surface area contributed by atoms with Gasteiger partial charge in [0.05, 0.1) is 13.2 Å². The fourth-order valence-corrected chi connectivity index (χ4v) is 4.12. The zero-order valence-corrected chi connectivity index (χ0v) is 14.3. The summed E-state index contributed by atoms with van der Waals surface area (Å²) in [5, 5.41) is 0. The van der Waals surface area contributed by atoms with Gasteiger partial charge in [-0.3, -0.25) is 19.6 Å². The lowest BCUT2D eigenvalue weighted by Crippen LogP contribution is -2.78. The van der Waals surface area contributed by atoms with E-state index in [2.05, 4.69) is 0 Å². The Kier molecular flexibility index (Phi) is 3.53. The molecule has 26 heavy (non-hydrogen) atoms. The van der Waals surface area contributed by atoms with Gasteiger partial charge in [0.1, 0.15) is 26.9 Å². The van der Waals surface area contributed by atoms with Crippen molar-refractivity contribution in [2.45, 2.75) is 25.2 Å². The Morgan fingerprint density at radius 2 is 1.12 bits per heavy atom. The maximum absolute atomic E-state index is 13.1. The van der Waals surface area contributed by atoms with Crippen molar-refractivity contribution in [2.75, 3.05) is 40.1 Å². The van der Waals surface area contributed by atoms with Crippen LogP contribution in [0.25, 0.3) is 0 Å². The minimum absolute atomic E-state index is 0.000900. The molecule has 0 saturated carbocycles. The standard InChI is InChI=1S/C14H18N4O8/c1-3-25-9(19)13-14(10(20)26-4-2)17-7-24-8-18(14)12(22)16(13)6-23-5-15(13)11(17)21/h3-8H2,1-2H3/t13-,14+. The van der Waals surface area contributed by atoms with Gasteiger partial charge in [-0.25, -0.2) is 19.2 Å². The molecule has 4 rings (SSSR count). The Morgan fingerprint density at radius 3 is 1.38 bits per heavy atom. The number of hydrogen-bond acceptors (Lipinski definition) is 8. The Hall–Kier alpha value is -2.60. The number of carbonyl (C=O) groups is 4. The highest BCUT2D eigenvalue weighted by Gasteiger charge is 2.88. The molecule has 0 aromatic carbocycles. The van der Waals surface area contributed by atoms with Crippen molar-refractivity contribution >= 4 is 24.0 Å². The minimum Gasteiger partial charge on any atom is -0.463 e. The number of hydrogen-bond donors (Lipinski definition) is 0. The third-order valence-corrected chi connectivity index (χ3v) is 4.97. The number of carbonyl (C=O) groups excluding carboxylic acids is 4. The third kappa shape index (κ3) is 1.53. The van der Waals surface area contributed by atoms with Crippen molar-refractivity contribution in [1.29, 1.82) is 0 Å². The van der Waals surface area contributed by atoms with E-state index in [4.69, 9.17) is 18.9 Å². The van der Waals surface area contributed by atoms with Crippen LogP contribution in [0.15, 0.2) is 0 Å². The Bertz CT molecular complexity index is 610. The van der Waals surface area contributed by atoms with Crippen molar-refractivity contribution < 1.29 is 38.1 Å². The first kappa shape index (κ1) is 16.8. The zero-order valence-electron chi connectivity index (χ0n) is 14.3. The number of nitrogens with zero attached hydrogens (tertiary/aromatic N) is 4. The van der Waals surface area contributed by atoms with Crippen LogP contribution in [0.3, 0.4) is 0 Å². The predicted molar refractivity (Wildman–Crippen MR) is 78.5 cm³/mol. The van der Waals surface area contributed by atoms with Crippen molar-refractivity contribution in [1.82, 2.24) is 19.6 Å². The molecule has 4 saturated heterocycles. The van der Waals surface area contributed by atoms with E-state index in [-0.39, 0.29) is 40.1 Å². The smallest absolute Gasteiger partial charge is 0.359 e. The highest BCUT2D eigenvalue weighted by Crippen LogP contribution is 2.55. The second-order valence-corrected chi connectivity index (χ2v) is 5.99. The van der Waals surface area contributed by atoms with Crippen molar-refractivity contribution in [3.05, 3.63) is 0 Å². The second kappa shape index (κ2) is 5.45. The van der Waals surface area contributed by atoms with Crippen LogP contribution in [0.1, 0.15) is 13.8 Å². The van der Waals surface area contributed by atoms with Gasteiger partial charge in [0.2, 0.25) is 0 Å². The maximum atomic E-state index is 13.1. The van der Waals surface area contributed by atoms with E-state index in [0.29, 0.717) is 0 Å². The number of esters is 2. The van der Waals surface area contributed by atoms with Crippen LogP contribution in [0.5, 0.6) is 0 Å². The van der Waals surface area contributed by atoms with Crippen molar-refractivity contribution in [3.63, 3.8) is 0 Å². The summed E-state index contributed by atoms with van der Waals surface area (Å²) in [5.41, 5.74) is -4.07. The molecule has 4 heterocycles. The van der Waals surface area contributed by atoms with Crippen LogP contribution >= 0.6 is 0 Å². The molecular formula is C14H18N4O8. The number of rotatable bonds is 4. The summed E-state index contributed by atoms with van der Waals surface area (Å²) in [7, 11) is 0. The summed E-state index contributed by atoms with van der Waals surface area (Å²) in [6.45, 7) is 2.05. The van der Waals surface area contributed by atoms with Gasteiger partial charge >= 0.3 is 24.0 Å². The lowest BCUT2D eigenvalue weighted by molar-refractivity contribution is -0.227. The molecule has 0 N–H and O–H groups in total. The van der Waals surface area contributed by atoms with Crippen LogP contribution in [0.4, 0.5) is 9.59 Å². The van der Waals surface area contributed by atoms with Gasteiger partial charge in [-0.2, -0.15) is 0 Å². The topological polar surface area (TPSA) is 118 Å². The average Bonchev–Trinajstić information content (AvgIpc) is 3.03. The second-order valence-electron chi connectivity index (χ2n) is 5.99. The molecule has 142 valence electrons. The summed E-state index contributed by atoms with van der Waals surface area (Å²) < 4.78 is 21.0. The highest BCUT2D eigenvalue weighted by atomic mass is 16.6. The largest absolute Gasteiger partial charge is 0.463 e. The van der Waals surface area contributed by atoms with Gasteiger partial charge in [0.25, 0.3) is 11.3 Å². The van der Waals surface area contributed by atoms with Crippen LogP contribution in [0.2, 0.25) is 0 Å². The van der Waals surface area contributed by atoms with Gasteiger partial charge in [-0.1, -0.05) is 0 Å². The first-order valence-electron chi connectivity index (χ1n) is 8.17. The molecule has 0 atom stereocenters. The van der Waals surface area contributed by atoms with Crippen molar-refractivity contribution in [2.24, 2.45) is 0 Å². The average molecular weight is 370 g/mol. The summed E-state index contributed by atoms with van der Waals surface area (Å²) in [5.74, 6) is -1.80. The SMILES string of the molecule is CCOC(=O)[C@]12N3COCN1C(=O)N1COCN(C3=O)[C@]12C(=O)OCC. The summed E-state index contributed by atoms with van der Waals surface area (Å²) >= 11 is 0. The predicted octanol–water partition coefficient (Wildman–Crippen LogP) is -1.13. The Morgan fingerprint density at radius 1 is 0.808 bits per heavy atom. The quantitative estimate of drug-likeness (QED) is 0.571. The highest BCUT2D eigenvalue weighted by molar-refractivity contribution is 6.09. The molecule has 0 bridgehead atoms. The molecule has 4 fully saturated rings. The van der Waals surface area contributed by atoms with E-state index in [9.17, 15) is 19.2 Å². The lowest BCUT2D eigenvalue weighted by Gasteiger charge is -2.47. The first-order chi connectivity index (χ1) is 12.5. The molecular weight excluding hydrogens is 352 g/mol. The van der Waals surface area contributed by atoms with Gasteiger partial charge in [-0.05, 0) is 13.8 Å². The van der Waals surface area contributed by atoms with E-state index in [0.717, 1.165) is 19.6 Å². The van der Waals surface area contributed by atoms with E-state index in [1.165, 1.54) is 0 Å². The van der Waals surface area contributed by atoms with Crippen LogP contribution < -0.4 is 0 Å². The van der Waals surface area contributed by atoms with E-state index < -0.39 is 35.3 Å². The third-order valence-electron chi connectivity index (χ3n) is 4.97. The molecule has 0 unspecified atom stereocenters. The molecule has 12 nitrogen and oxygen atoms in total. The monoisotopic (exact) mass is 370 g/mol. The van der Waals surface area contributed by atoms with Crippen molar-refractivity contribution in [3.8, 4) is 0 Å². The molecule has 0 aliphatic carbocycles. The molecule has 0 aromatic heterocycles. The van der Waals surface area contributed by atoms with Gasteiger partial charge in [0, 0.05) is 0 Å². The van der Waals surface area contributed by atoms with E-state index >= 15 is 0 Å². The molecule has 4 aliphatic heterocycles. The molecule has 12 heteroatoms. The van der Waals surface area contributed by atoms with Gasteiger partial charge in [0.15, 0.2) is 0 Å². The Balaban J connectivity index is 2.02. The first-order valence-corrected chi connectivity index (χ1v) is 8.17. The number of ether oxygens (including phenoxy) is 4. The fourth-order valence-electron chi connectivity index (χ4n) is 4.12. The molecule has 0 radical (unpaired) electrons. The minimum atomic E-state index is -2.04. The summed E-state index contributed by atoms with van der Waals surface area (Å²) in [6, 6.07) is -1.37. The lowest BCUT2D eigenvalue weighted by atomic mass is 9.91. The van der Waals surface area contributed by atoms with Crippen LogP contribution in [-0.2, 0) is 28.5 Å². The maximum Gasteiger partial charge on any atom is 0.359 e. The zero-order chi connectivity index (χ0) is 18.7. The molecule has 4 aliphatic rings. The van der Waals surface area contributed by atoms with E-state index in [1.54, 1.807) is 13.8 Å². The molecule has 4 amide bonds. The van der Waals surface area contributed by atoms with Crippen LogP contribution in [-0.4, -0.2) is 95.1 Å². The van der Waals surface area contributed by atoms with Crippen LogP contribution in [0, 0.1) is 0 Å². The number of urea groups is 2. The number of amides is 4. The molecule has 0 spiro atoms. The summed E-state index contributed by atoms with van der Waals surface area (Å²) in [4.78, 5) is 56.3. The van der Waals surface area contributed by atoms with E-state index in [1.807, 2.05) is 0 Å². The van der Waals surface area contributed by atoms with Gasteiger partial charge in [-0.15, -0.1) is 0 Å².